The molecule has 0 saturated carbocycles. The predicted molar refractivity (Wildman–Crippen MR) is 106 cm³/mol. The molecule has 1 aliphatic heterocycles. The van der Waals surface area contributed by atoms with Crippen LogP contribution in [0.15, 0.2) is 48.5 Å². The molecule has 1 N–H and O–H groups in total. The maximum Gasteiger partial charge on any atom is 0.260 e. The van der Waals surface area contributed by atoms with Crippen molar-refractivity contribution in [2.75, 3.05) is 30.4 Å². The van der Waals surface area contributed by atoms with Crippen LogP contribution in [-0.4, -0.2) is 48.9 Å². The summed E-state index contributed by atoms with van der Waals surface area (Å²) in [5.41, 5.74) is 1.14. The molecule has 0 aliphatic carbocycles. The number of nitrogens with zero attached hydrogens (tertiary/aromatic N) is 2. The minimum Gasteiger partial charge on any atom is -0.484 e. The smallest absolute Gasteiger partial charge is 0.260 e. The van der Waals surface area contributed by atoms with E-state index < -0.39 is 11.7 Å². The van der Waals surface area contributed by atoms with Gasteiger partial charge >= 0.3 is 0 Å². The number of likely N-dealkylation sites (N-methyl/N-ethyl adjacent to an activating group) is 1. The van der Waals surface area contributed by atoms with Crippen LogP contribution in [0.25, 0.3) is 0 Å². The molecule has 0 aromatic heterocycles. The summed E-state index contributed by atoms with van der Waals surface area (Å²) >= 11 is 0. The van der Waals surface area contributed by atoms with Crippen molar-refractivity contribution in [3.8, 4) is 5.75 Å². The molecular formula is C21H22FN3O4. The second kappa shape index (κ2) is 8.72. The number of halogens is 1. The average Bonchev–Trinajstić information content (AvgIpc) is 2.80. The Morgan fingerprint density at radius 3 is 2.76 bits per heavy atom. The van der Waals surface area contributed by atoms with Gasteiger partial charge in [0.25, 0.3) is 5.91 Å². The molecule has 0 radical (unpaired) electrons. The highest BCUT2D eigenvalue weighted by atomic mass is 19.1. The zero-order chi connectivity index (χ0) is 21.0. The van der Waals surface area contributed by atoms with E-state index in [4.69, 9.17) is 4.74 Å². The van der Waals surface area contributed by atoms with Gasteiger partial charge in [0.05, 0.1) is 17.9 Å². The van der Waals surface area contributed by atoms with Crippen molar-refractivity contribution in [1.29, 1.82) is 0 Å². The standard InChI is InChI=1S/C21H22FN3O4/c1-14-10-19(26)23-17-8-3-4-9-18(17)25(14)20(27)12-24(2)21(28)13-29-16-7-5-6-15(22)11-16/h3-9,11,14H,10,12-13H2,1-2H3,(H,23,26)/t14-/m1/s1. The lowest BCUT2D eigenvalue weighted by Crippen LogP contribution is -2.46. The number of carbonyl (C=O) groups excluding carboxylic acids is 3. The maximum atomic E-state index is 13.2. The molecule has 1 aliphatic rings. The van der Waals surface area contributed by atoms with Crippen LogP contribution in [-0.2, 0) is 14.4 Å². The predicted octanol–water partition coefficient (Wildman–Crippen LogP) is 2.43. The van der Waals surface area contributed by atoms with Gasteiger partial charge < -0.3 is 19.9 Å². The van der Waals surface area contributed by atoms with E-state index in [-0.39, 0.29) is 43.2 Å². The normalized spacial score (nSPS) is 15.8. The number of para-hydroxylation sites is 2. The maximum absolute atomic E-state index is 13.2. The highest BCUT2D eigenvalue weighted by Crippen LogP contribution is 2.31. The van der Waals surface area contributed by atoms with E-state index in [0.29, 0.717) is 11.4 Å². The third kappa shape index (κ3) is 4.90. The number of hydrogen-bond acceptors (Lipinski definition) is 4. The van der Waals surface area contributed by atoms with Gasteiger partial charge in [0.2, 0.25) is 11.8 Å². The fourth-order valence-corrected chi connectivity index (χ4v) is 3.15. The van der Waals surface area contributed by atoms with Gasteiger partial charge in [0.15, 0.2) is 6.61 Å². The molecule has 0 spiro atoms. The summed E-state index contributed by atoms with van der Waals surface area (Å²) in [6.45, 7) is 1.28. The second-order valence-corrected chi connectivity index (χ2v) is 6.88. The fourth-order valence-electron chi connectivity index (χ4n) is 3.15. The molecule has 8 heteroatoms. The molecular weight excluding hydrogens is 377 g/mol. The molecule has 1 atom stereocenters. The lowest BCUT2D eigenvalue weighted by atomic mass is 10.1. The number of nitrogens with one attached hydrogen (secondary N) is 1. The van der Waals surface area contributed by atoms with Gasteiger partial charge in [-0.25, -0.2) is 4.39 Å². The Morgan fingerprint density at radius 2 is 2.00 bits per heavy atom. The van der Waals surface area contributed by atoms with Gasteiger partial charge in [-0.15, -0.1) is 0 Å². The third-order valence-corrected chi connectivity index (χ3v) is 4.58. The van der Waals surface area contributed by atoms with E-state index in [1.165, 1.54) is 35.0 Å². The van der Waals surface area contributed by atoms with Crippen molar-refractivity contribution >= 4 is 29.1 Å². The highest BCUT2D eigenvalue weighted by molar-refractivity contribution is 6.05. The van der Waals surface area contributed by atoms with Crippen LogP contribution in [0.2, 0.25) is 0 Å². The third-order valence-electron chi connectivity index (χ3n) is 4.58. The summed E-state index contributed by atoms with van der Waals surface area (Å²) < 4.78 is 18.5. The molecule has 3 amide bonds. The van der Waals surface area contributed by atoms with E-state index in [0.717, 1.165) is 0 Å². The lowest BCUT2D eigenvalue weighted by Gasteiger charge is -2.29. The average molecular weight is 399 g/mol. The summed E-state index contributed by atoms with van der Waals surface area (Å²) in [6, 6.07) is 12.2. The summed E-state index contributed by atoms with van der Waals surface area (Å²) in [5, 5.41) is 2.79. The van der Waals surface area contributed by atoms with Gasteiger partial charge in [-0.2, -0.15) is 0 Å². The van der Waals surface area contributed by atoms with Crippen LogP contribution in [0.5, 0.6) is 5.75 Å². The molecule has 3 rings (SSSR count). The van der Waals surface area contributed by atoms with Crippen LogP contribution in [0, 0.1) is 5.82 Å². The zero-order valence-corrected chi connectivity index (χ0v) is 16.2. The van der Waals surface area contributed by atoms with Gasteiger partial charge in [-0.3, -0.25) is 14.4 Å². The van der Waals surface area contributed by atoms with Crippen LogP contribution < -0.4 is 15.0 Å². The molecule has 2 aromatic carbocycles. The molecule has 1 heterocycles. The number of anilines is 2. The zero-order valence-electron chi connectivity index (χ0n) is 16.2. The van der Waals surface area contributed by atoms with Crippen molar-refractivity contribution in [1.82, 2.24) is 4.90 Å². The number of ether oxygens (including phenoxy) is 1. The molecule has 7 nitrogen and oxygen atoms in total. The first-order chi connectivity index (χ1) is 13.8. The molecule has 0 fully saturated rings. The summed E-state index contributed by atoms with van der Waals surface area (Å²) in [6.07, 6.45) is 0.154. The number of rotatable bonds is 5. The van der Waals surface area contributed by atoms with E-state index >= 15 is 0 Å². The monoisotopic (exact) mass is 399 g/mol. The molecule has 29 heavy (non-hydrogen) atoms. The van der Waals surface area contributed by atoms with Crippen molar-refractivity contribution in [2.45, 2.75) is 19.4 Å². The molecule has 0 saturated heterocycles. The van der Waals surface area contributed by atoms with Crippen molar-refractivity contribution in [3.63, 3.8) is 0 Å². The summed E-state index contributed by atoms with van der Waals surface area (Å²) in [4.78, 5) is 40.1. The number of amides is 3. The van der Waals surface area contributed by atoms with Gasteiger partial charge in [-0.1, -0.05) is 18.2 Å². The Bertz CT molecular complexity index is 934. The molecule has 0 bridgehead atoms. The minimum absolute atomic E-state index is 0.154. The molecule has 0 unspecified atom stereocenters. The SMILES string of the molecule is C[C@@H]1CC(=O)Nc2ccccc2N1C(=O)CN(C)C(=O)COc1cccc(F)c1. The largest absolute Gasteiger partial charge is 0.484 e. The quantitative estimate of drug-likeness (QED) is 0.838. The van der Waals surface area contributed by atoms with Crippen molar-refractivity contribution in [3.05, 3.63) is 54.3 Å². The fraction of sp³-hybridized carbons (Fsp3) is 0.286. The van der Waals surface area contributed by atoms with Crippen LogP contribution in [0.3, 0.4) is 0 Å². The Kier molecular flexibility index (Phi) is 6.11. The Hall–Kier alpha value is -3.42. The van der Waals surface area contributed by atoms with Crippen LogP contribution >= 0.6 is 0 Å². The van der Waals surface area contributed by atoms with E-state index in [9.17, 15) is 18.8 Å². The van der Waals surface area contributed by atoms with Crippen molar-refractivity contribution in [2.24, 2.45) is 0 Å². The number of hydrogen-bond donors (Lipinski definition) is 1. The Labute approximate surface area is 168 Å². The van der Waals surface area contributed by atoms with Crippen molar-refractivity contribution < 1.29 is 23.5 Å². The first-order valence-corrected chi connectivity index (χ1v) is 9.18. The first kappa shape index (κ1) is 20.3. The van der Waals surface area contributed by atoms with E-state index in [2.05, 4.69) is 5.32 Å². The van der Waals surface area contributed by atoms with Gasteiger partial charge in [0.1, 0.15) is 11.6 Å². The number of fused-ring (bicyclic) bond motifs is 1. The Morgan fingerprint density at radius 1 is 1.24 bits per heavy atom. The lowest BCUT2D eigenvalue weighted by molar-refractivity contribution is -0.135. The van der Waals surface area contributed by atoms with Gasteiger partial charge in [-0.05, 0) is 31.2 Å². The number of carbonyl (C=O) groups is 3. The number of benzene rings is 2. The van der Waals surface area contributed by atoms with E-state index in [1.54, 1.807) is 37.3 Å². The topological polar surface area (TPSA) is 79.0 Å². The van der Waals surface area contributed by atoms with Crippen LogP contribution in [0.1, 0.15) is 13.3 Å². The summed E-state index contributed by atoms with van der Waals surface area (Å²) in [5.74, 6) is -1.14. The van der Waals surface area contributed by atoms with E-state index in [1.807, 2.05) is 0 Å². The second-order valence-electron chi connectivity index (χ2n) is 6.88. The summed E-state index contributed by atoms with van der Waals surface area (Å²) in [7, 11) is 1.49. The highest BCUT2D eigenvalue weighted by Gasteiger charge is 2.30. The Balaban J connectivity index is 1.66. The van der Waals surface area contributed by atoms with Crippen LogP contribution in [0.4, 0.5) is 15.8 Å². The first-order valence-electron chi connectivity index (χ1n) is 9.18. The molecule has 152 valence electrons. The minimum atomic E-state index is -0.463. The molecule has 2 aromatic rings. The van der Waals surface area contributed by atoms with Gasteiger partial charge in [0, 0.05) is 25.6 Å².